The first kappa shape index (κ1) is 23.4. The molecule has 0 aliphatic rings. The molecule has 0 aliphatic heterocycles. The number of nitrogens with one attached hydrogen (secondary N) is 3. The summed E-state index contributed by atoms with van der Waals surface area (Å²) >= 11 is 0. The number of carbonyl (C=O) groups excluding carboxylic acids is 1. The zero-order valence-electron chi connectivity index (χ0n) is 18.3. The van der Waals surface area contributed by atoms with Gasteiger partial charge in [0.2, 0.25) is 11.9 Å². The zero-order chi connectivity index (χ0) is 25.0. The van der Waals surface area contributed by atoms with Crippen molar-refractivity contribution in [2.45, 2.75) is 6.18 Å². The molecular formula is C23H19F3N8O. The largest absolute Gasteiger partial charge is 0.416 e. The van der Waals surface area contributed by atoms with E-state index in [1.54, 1.807) is 36.3 Å². The second-order valence-corrected chi connectivity index (χ2v) is 7.31. The third kappa shape index (κ3) is 5.79. The Bertz CT molecular complexity index is 1370. The van der Waals surface area contributed by atoms with Crippen LogP contribution in [0.2, 0.25) is 0 Å². The molecule has 0 unspecified atom stereocenters. The summed E-state index contributed by atoms with van der Waals surface area (Å²) in [5.41, 5.74) is 1.25. The molecule has 1 aromatic carbocycles. The monoisotopic (exact) mass is 480 g/mol. The van der Waals surface area contributed by atoms with Gasteiger partial charge in [0.05, 0.1) is 17.4 Å². The number of benzene rings is 1. The number of alkyl halides is 3. The van der Waals surface area contributed by atoms with Gasteiger partial charge in [0, 0.05) is 43.0 Å². The molecule has 1 amide bonds. The number of hydrogen-bond acceptors (Lipinski definition) is 7. The minimum atomic E-state index is -4.45. The van der Waals surface area contributed by atoms with Crippen molar-refractivity contribution in [1.82, 2.24) is 24.7 Å². The Balaban J connectivity index is 1.70. The predicted molar refractivity (Wildman–Crippen MR) is 125 cm³/mol. The normalized spacial score (nSPS) is 11.1. The van der Waals surface area contributed by atoms with Gasteiger partial charge in [0.1, 0.15) is 11.6 Å². The van der Waals surface area contributed by atoms with Crippen LogP contribution in [0.25, 0.3) is 11.1 Å². The Morgan fingerprint density at radius 3 is 2.49 bits per heavy atom. The van der Waals surface area contributed by atoms with Crippen molar-refractivity contribution in [1.29, 1.82) is 0 Å². The van der Waals surface area contributed by atoms with E-state index in [2.05, 4.69) is 42.6 Å². The molecule has 0 radical (unpaired) electrons. The zero-order valence-corrected chi connectivity index (χ0v) is 18.3. The van der Waals surface area contributed by atoms with Crippen LogP contribution in [0.3, 0.4) is 0 Å². The molecule has 178 valence electrons. The highest BCUT2D eigenvalue weighted by atomic mass is 19.4. The molecule has 3 heterocycles. The lowest BCUT2D eigenvalue weighted by Crippen LogP contribution is -2.08. The number of nitrogens with zero attached hydrogens (tertiary/aromatic N) is 5. The number of aryl methyl sites for hydroxylation is 1. The van der Waals surface area contributed by atoms with Gasteiger partial charge in [-0.15, -0.1) is 0 Å². The minimum absolute atomic E-state index is 0.229. The third-order valence-corrected chi connectivity index (χ3v) is 4.73. The molecule has 0 bridgehead atoms. The molecular weight excluding hydrogens is 461 g/mol. The maximum absolute atomic E-state index is 13.0. The van der Waals surface area contributed by atoms with Crippen LogP contribution in [0.4, 0.5) is 42.1 Å². The highest BCUT2D eigenvalue weighted by Crippen LogP contribution is 2.34. The Hall–Kier alpha value is -4.74. The maximum Gasteiger partial charge on any atom is 0.416 e. The van der Waals surface area contributed by atoms with Gasteiger partial charge in [-0.05, 0) is 29.8 Å². The van der Waals surface area contributed by atoms with Gasteiger partial charge in [-0.3, -0.25) is 9.48 Å². The number of pyridine rings is 1. The first-order valence-electron chi connectivity index (χ1n) is 10.2. The van der Waals surface area contributed by atoms with Crippen molar-refractivity contribution in [2.75, 3.05) is 16.0 Å². The molecule has 0 spiro atoms. The number of halogens is 3. The van der Waals surface area contributed by atoms with Crippen molar-refractivity contribution in [2.24, 2.45) is 7.05 Å². The maximum atomic E-state index is 13.0. The fraction of sp³-hybridized carbons (Fsp3) is 0.0870. The summed E-state index contributed by atoms with van der Waals surface area (Å²) in [7, 11) is 1.76. The molecule has 9 nitrogen and oxygen atoms in total. The van der Waals surface area contributed by atoms with Crippen LogP contribution in [-0.4, -0.2) is 30.6 Å². The van der Waals surface area contributed by atoms with Crippen LogP contribution >= 0.6 is 0 Å². The molecule has 0 atom stereocenters. The van der Waals surface area contributed by atoms with E-state index in [0.29, 0.717) is 28.3 Å². The SMILES string of the molecule is C=CC(=O)Nc1ccnc(Nc2nc(Nc3cnn(C)c3)ncc2-c2ccc(C(F)(F)F)cc2)c1. The molecule has 0 fully saturated rings. The highest BCUT2D eigenvalue weighted by molar-refractivity contribution is 5.99. The lowest BCUT2D eigenvalue weighted by molar-refractivity contribution is -0.137. The molecule has 0 aliphatic carbocycles. The lowest BCUT2D eigenvalue weighted by atomic mass is 10.1. The number of anilines is 5. The van der Waals surface area contributed by atoms with Crippen LogP contribution in [0.15, 0.2) is 73.8 Å². The second-order valence-electron chi connectivity index (χ2n) is 7.31. The summed E-state index contributed by atoms with van der Waals surface area (Å²) < 4.78 is 40.6. The summed E-state index contributed by atoms with van der Waals surface area (Å²) in [4.78, 5) is 24.6. The molecule has 4 rings (SSSR count). The second kappa shape index (κ2) is 9.63. The first-order chi connectivity index (χ1) is 16.7. The number of aromatic nitrogens is 5. The summed E-state index contributed by atoms with van der Waals surface area (Å²) in [6.07, 6.45) is 2.97. The van der Waals surface area contributed by atoms with Gasteiger partial charge in [0.25, 0.3) is 0 Å². The van der Waals surface area contributed by atoms with Crippen LogP contribution in [-0.2, 0) is 18.0 Å². The van der Waals surface area contributed by atoms with E-state index in [9.17, 15) is 18.0 Å². The summed E-state index contributed by atoms with van der Waals surface area (Å²) in [5, 5.41) is 12.8. The number of amides is 1. The van der Waals surface area contributed by atoms with Gasteiger partial charge >= 0.3 is 6.18 Å². The van der Waals surface area contributed by atoms with Crippen molar-refractivity contribution < 1.29 is 18.0 Å². The fourth-order valence-electron chi connectivity index (χ4n) is 3.09. The number of rotatable bonds is 7. The van der Waals surface area contributed by atoms with Crippen LogP contribution in [0.1, 0.15) is 5.56 Å². The molecule has 3 N–H and O–H groups in total. The summed E-state index contributed by atoms with van der Waals surface area (Å²) in [6.45, 7) is 3.42. The van der Waals surface area contributed by atoms with Crippen molar-refractivity contribution in [3.63, 3.8) is 0 Å². The quantitative estimate of drug-likeness (QED) is 0.323. The Morgan fingerprint density at radius 1 is 1.06 bits per heavy atom. The number of hydrogen-bond donors (Lipinski definition) is 3. The molecule has 0 saturated carbocycles. The fourth-order valence-corrected chi connectivity index (χ4v) is 3.09. The number of carbonyl (C=O) groups is 1. The average molecular weight is 480 g/mol. The van der Waals surface area contributed by atoms with E-state index in [1.807, 2.05) is 0 Å². The Labute approximate surface area is 197 Å². The standard InChI is InChI=1S/C23H19F3N8O/c1-3-20(35)30-16-8-9-27-19(10-16)32-21-18(14-4-6-15(7-5-14)23(24,25)26)12-28-22(33-21)31-17-11-29-34(2)13-17/h3-13H,1H2,2H3,(H3,27,28,30,31,32,33,35). The van der Waals surface area contributed by atoms with Gasteiger partial charge in [-0.2, -0.15) is 23.3 Å². The van der Waals surface area contributed by atoms with Crippen LogP contribution in [0, 0.1) is 0 Å². The Kier molecular flexibility index (Phi) is 6.44. The predicted octanol–water partition coefficient (Wildman–Crippen LogP) is 4.90. The Morgan fingerprint density at radius 2 is 1.83 bits per heavy atom. The van der Waals surface area contributed by atoms with Gasteiger partial charge in [-0.1, -0.05) is 18.7 Å². The minimum Gasteiger partial charge on any atom is -0.324 e. The van der Waals surface area contributed by atoms with E-state index in [1.165, 1.54) is 24.5 Å². The molecule has 35 heavy (non-hydrogen) atoms. The van der Waals surface area contributed by atoms with Crippen molar-refractivity contribution in [3.8, 4) is 11.1 Å². The summed E-state index contributed by atoms with van der Waals surface area (Å²) in [5.74, 6) is 0.460. The average Bonchev–Trinajstić information content (AvgIpc) is 3.23. The topological polar surface area (TPSA) is 110 Å². The summed E-state index contributed by atoms with van der Waals surface area (Å²) in [6, 6.07) is 7.84. The van der Waals surface area contributed by atoms with Crippen molar-refractivity contribution in [3.05, 3.63) is 79.4 Å². The van der Waals surface area contributed by atoms with Crippen LogP contribution < -0.4 is 16.0 Å². The van der Waals surface area contributed by atoms with Gasteiger partial charge in [-0.25, -0.2) is 9.97 Å². The highest BCUT2D eigenvalue weighted by Gasteiger charge is 2.30. The van der Waals surface area contributed by atoms with Crippen LogP contribution in [0.5, 0.6) is 0 Å². The van der Waals surface area contributed by atoms with E-state index < -0.39 is 17.6 Å². The lowest BCUT2D eigenvalue weighted by Gasteiger charge is -2.14. The van der Waals surface area contributed by atoms with E-state index in [-0.39, 0.29) is 11.8 Å². The molecule has 4 aromatic rings. The van der Waals surface area contributed by atoms with Crippen molar-refractivity contribution >= 4 is 34.9 Å². The van der Waals surface area contributed by atoms with Gasteiger partial charge < -0.3 is 16.0 Å². The third-order valence-electron chi connectivity index (χ3n) is 4.73. The van der Waals surface area contributed by atoms with E-state index in [4.69, 9.17) is 0 Å². The van der Waals surface area contributed by atoms with Gasteiger partial charge in [0.15, 0.2) is 0 Å². The molecule has 0 saturated heterocycles. The molecule has 12 heteroatoms. The molecule has 3 aromatic heterocycles. The first-order valence-corrected chi connectivity index (χ1v) is 10.2. The van der Waals surface area contributed by atoms with E-state index >= 15 is 0 Å². The van der Waals surface area contributed by atoms with E-state index in [0.717, 1.165) is 18.2 Å². The smallest absolute Gasteiger partial charge is 0.324 e.